The highest BCUT2D eigenvalue weighted by Crippen LogP contribution is 2.13. The van der Waals surface area contributed by atoms with Crippen LogP contribution < -0.4 is 0 Å². The molecule has 0 aromatic carbocycles. The Morgan fingerprint density at radius 1 is 1.67 bits per heavy atom. The van der Waals surface area contributed by atoms with Crippen molar-refractivity contribution in [2.45, 2.75) is 12.2 Å². The minimum Gasteiger partial charge on any atom is -0.338 e. The summed E-state index contributed by atoms with van der Waals surface area (Å²) in [5.41, 5.74) is 0. The van der Waals surface area contributed by atoms with Gasteiger partial charge in [-0.25, -0.2) is 0 Å². The molecule has 0 radical (unpaired) electrons. The predicted octanol–water partition coefficient (Wildman–Crippen LogP) is 0.580. The Hall–Kier alpha value is -0.180. The molecule has 9 heavy (non-hydrogen) atoms. The average Bonchev–Trinajstić information content (AvgIpc) is 2.66. The summed E-state index contributed by atoms with van der Waals surface area (Å²) in [5, 5.41) is 0.160. The van der Waals surface area contributed by atoms with Gasteiger partial charge in [0.05, 0.1) is 5.25 Å². The Morgan fingerprint density at radius 2 is 2.22 bits per heavy atom. The van der Waals surface area contributed by atoms with Crippen LogP contribution in [0.2, 0.25) is 0 Å². The van der Waals surface area contributed by atoms with Crippen LogP contribution in [0.4, 0.5) is 0 Å². The van der Waals surface area contributed by atoms with Crippen LogP contribution in [-0.2, 0) is 4.79 Å². The lowest BCUT2D eigenvalue weighted by molar-refractivity contribution is -0.124. The van der Waals surface area contributed by atoms with Crippen molar-refractivity contribution < 1.29 is 4.79 Å². The summed E-state index contributed by atoms with van der Waals surface area (Å²) in [6.07, 6.45) is 1.96. The largest absolute Gasteiger partial charge is 0.338 e. The Kier molecular flexibility index (Phi) is 2.01. The van der Waals surface area contributed by atoms with Gasteiger partial charge in [-0.1, -0.05) is 0 Å². The van der Waals surface area contributed by atoms with E-state index in [9.17, 15) is 4.79 Å². The van der Waals surface area contributed by atoms with E-state index < -0.39 is 0 Å². The summed E-state index contributed by atoms with van der Waals surface area (Å²) >= 11 is 1.61. The first-order chi connectivity index (χ1) is 4.25. The molecule has 0 N–H and O–H groups in total. The van der Waals surface area contributed by atoms with E-state index in [4.69, 9.17) is 0 Å². The molecule has 1 rings (SSSR count). The van der Waals surface area contributed by atoms with Crippen LogP contribution in [0.5, 0.6) is 0 Å². The second kappa shape index (κ2) is 2.60. The Labute approximate surface area is 59.6 Å². The van der Waals surface area contributed by atoms with Crippen LogP contribution in [-0.4, -0.2) is 35.4 Å². The van der Waals surface area contributed by atoms with Crippen LogP contribution in [0.25, 0.3) is 0 Å². The second-order valence-corrected chi connectivity index (χ2v) is 3.38. The van der Waals surface area contributed by atoms with E-state index in [2.05, 4.69) is 0 Å². The van der Waals surface area contributed by atoms with Crippen LogP contribution in [0.1, 0.15) is 6.92 Å². The van der Waals surface area contributed by atoms with Crippen molar-refractivity contribution in [1.29, 1.82) is 0 Å². The molecule has 1 aliphatic rings. The van der Waals surface area contributed by atoms with Crippen molar-refractivity contribution in [2.24, 2.45) is 0 Å². The van der Waals surface area contributed by atoms with E-state index in [1.165, 1.54) is 0 Å². The highest BCUT2D eigenvalue weighted by Gasteiger charge is 2.27. The van der Waals surface area contributed by atoms with E-state index in [1.807, 2.05) is 18.1 Å². The molecule has 1 amide bonds. The van der Waals surface area contributed by atoms with Gasteiger partial charge in [0.2, 0.25) is 5.91 Å². The van der Waals surface area contributed by atoms with Crippen LogP contribution in [0, 0.1) is 0 Å². The van der Waals surface area contributed by atoms with Crippen LogP contribution in [0.15, 0.2) is 0 Å². The molecule has 0 aromatic rings. The normalized spacial score (nSPS) is 19.6. The minimum atomic E-state index is 0.160. The molecule has 52 valence electrons. The minimum absolute atomic E-state index is 0.160. The maximum atomic E-state index is 11.0. The summed E-state index contributed by atoms with van der Waals surface area (Å²) in [5.74, 6) is 0.294. The number of hydrogen-bond acceptors (Lipinski definition) is 2. The summed E-state index contributed by atoms with van der Waals surface area (Å²) in [6, 6.07) is 0. The molecule has 1 unspecified atom stereocenters. The molecule has 3 heteroatoms. The van der Waals surface area contributed by atoms with Gasteiger partial charge in [-0.2, -0.15) is 11.8 Å². The van der Waals surface area contributed by atoms with Gasteiger partial charge in [0.25, 0.3) is 0 Å². The predicted molar refractivity (Wildman–Crippen MR) is 39.6 cm³/mol. The molecule has 1 aliphatic heterocycles. The zero-order chi connectivity index (χ0) is 6.85. The first kappa shape index (κ1) is 6.93. The van der Waals surface area contributed by atoms with Gasteiger partial charge >= 0.3 is 0 Å². The van der Waals surface area contributed by atoms with Crippen molar-refractivity contribution in [3.8, 4) is 0 Å². The fraction of sp³-hybridized carbons (Fsp3) is 0.833. The van der Waals surface area contributed by atoms with Crippen molar-refractivity contribution in [1.82, 2.24) is 4.90 Å². The Bertz CT molecular complexity index is 122. The first-order valence-electron chi connectivity index (χ1n) is 3.07. The van der Waals surface area contributed by atoms with Crippen molar-refractivity contribution in [2.75, 3.05) is 19.3 Å². The van der Waals surface area contributed by atoms with Crippen molar-refractivity contribution in [3.63, 3.8) is 0 Å². The number of carbonyl (C=O) groups excluding carboxylic acids is 1. The lowest BCUT2D eigenvalue weighted by atomic mass is 10.4. The van der Waals surface area contributed by atoms with E-state index in [1.54, 1.807) is 11.8 Å². The zero-order valence-electron chi connectivity index (χ0n) is 5.76. The highest BCUT2D eigenvalue weighted by molar-refractivity contribution is 7.99. The van der Waals surface area contributed by atoms with Crippen LogP contribution >= 0.6 is 11.8 Å². The molecule has 1 heterocycles. The SMILES string of the molecule is CSC(C)C(=O)N1CC1. The number of hydrogen-bond donors (Lipinski definition) is 0. The monoisotopic (exact) mass is 145 g/mol. The maximum absolute atomic E-state index is 11.0. The van der Waals surface area contributed by atoms with Gasteiger partial charge in [-0.05, 0) is 13.2 Å². The Balaban J connectivity index is 2.31. The van der Waals surface area contributed by atoms with Gasteiger partial charge in [0.1, 0.15) is 0 Å². The van der Waals surface area contributed by atoms with Gasteiger partial charge < -0.3 is 4.90 Å². The molecule has 2 nitrogen and oxygen atoms in total. The fourth-order valence-electron chi connectivity index (χ4n) is 0.628. The standard InChI is InChI=1S/C6H11NOS/c1-5(9-2)6(8)7-3-4-7/h5H,3-4H2,1-2H3. The lowest BCUT2D eigenvalue weighted by Gasteiger charge is -2.05. The lowest BCUT2D eigenvalue weighted by Crippen LogP contribution is -2.21. The molecule has 0 spiro atoms. The molecule has 1 fully saturated rings. The molecule has 1 atom stereocenters. The number of thioether (sulfide) groups is 1. The molecule has 1 saturated heterocycles. The summed E-state index contributed by atoms with van der Waals surface area (Å²) in [6.45, 7) is 3.90. The molecule has 0 aliphatic carbocycles. The summed E-state index contributed by atoms with van der Waals surface area (Å²) < 4.78 is 0. The van der Waals surface area contributed by atoms with Gasteiger partial charge in [0.15, 0.2) is 0 Å². The van der Waals surface area contributed by atoms with E-state index in [-0.39, 0.29) is 5.25 Å². The molecule has 0 bridgehead atoms. The third kappa shape index (κ3) is 1.61. The summed E-state index contributed by atoms with van der Waals surface area (Å²) in [7, 11) is 0. The van der Waals surface area contributed by atoms with Gasteiger partial charge in [-0.15, -0.1) is 0 Å². The number of carbonyl (C=O) groups is 1. The van der Waals surface area contributed by atoms with Crippen molar-refractivity contribution >= 4 is 17.7 Å². The molecular formula is C6H11NOS. The van der Waals surface area contributed by atoms with Gasteiger partial charge in [0, 0.05) is 13.1 Å². The highest BCUT2D eigenvalue weighted by atomic mass is 32.2. The smallest absolute Gasteiger partial charge is 0.235 e. The second-order valence-electron chi connectivity index (χ2n) is 2.20. The first-order valence-corrected chi connectivity index (χ1v) is 4.36. The van der Waals surface area contributed by atoms with Crippen molar-refractivity contribution in [3.05, 3.63) is 0 Å². The van der Waals surface area contributed by atoms with Gasteiger partial charge in [-0.3, -0.25) is 4.79 Å². The zero-order valence-corrected chi connectivity index (χ0v) is 6.57. The average molecular weight is 145 g/mol. The summed E-state index contributed by atoms with van der Waals surface area (Å²) in [4.78, 5) is 12.9. The third-order valence-corrected chi connectivity index (χ3v) is 2.37. The van der Waals surface area contributed by atoms with E-state index >= 15 is 0 Å². The maximum Gasteiger partial charge on any atom is 0.235 e. The topological polar surface area (TPSA) is 20.1 Å². The molecule has 0 saturated carbocycles. The quantitative estimate of drug-likeness (QED) is 0.530. The third-order valence-electron chi connectivity index (χ3n) is 1.46. The Morgan fingerprint density at radius 3 is 2.56 bits per heavy atom. The molecule has 0 aromatic heterocycles. The van der Waals surface area contributed by atoms with Crippen LogP contribution in [0.3, 0.4) is 0 Å². The number of rotatable bonds is 2. The number of nitrogens with zero attached hydrogens (tertiary/aromatic N) is 1. The van der Waals surface area contributed by atoms with E-state index in [0.717, 1.165) is 13.1 Å². The number of amides is 1. The fourth-order valence-corrected chi connectivity index (χ4v) is 0.979. The molecular weight excluding hydrogens is 134 g/mol. The van der Waals surface area contributed by atoms with E-state index in [0.29, 0.717) is 5.91 Å².